The maximum atomic E-state index is 13.1. The molecular formula is C9H10F3NO. The van der Waals surface area contributed by atoms with Gasteiger partial charge in [-0.2, -0.15) is 4.39 Å². The van der Waals surface area contributed by atoms with Crippen molar-refractivity contribution < 1.29 is 17.9 Å². The molecule has 78 valence electrons. The van der Waals surface area contributed by atoms with E-state index in [1.807, 2.05) is 0 Å². The fraction of sp³-hybridized carbons (Fsp3) is 0.333. The van der Waals surface area contributed by atoms with Crippen LogP contribution in [-0.4, -0.2) is 7.11 Å². The molecule has 14 heavy (non-hydrogen) atoms. The predicted molar refractivity (Wildman–Crippen MR) is 45.5 cm³/mol. The third-order valence-electron chi connectivity index (χ3n) is 1.84. The van der Waals surface area contributed by atoms with Crippen LogP contribution < -0.4 is 10.5 Å². The molecule has 0 aliphatic carbocycles. The monoisotopic (exact) mass is 205 g/mol. The highest BCUT2D eigenvalue weighted by molar-refractivity contribution is 5.38. The molecule has 1 aromatic rings. The van der Waals surface area contributed by atoms with Gasteiger partial charge in [-0.1, -0.05) is 0 Å². The van der Waals surface area contributed by atoms with Gasteiger partial charge in [-0.15, -0.1) is 0 Å². The zero-order valence-corrected chi connectivity index (χ0v) is 7.77. The summed E-state index contributed by atoms with van der Waals surface area (Å²) in [4.78, 5) is 0. The van der Waals surface area contributed by atoms with Crippen molar-refractivity contribution in [2.24, 2.45) is 5.73 Å². The maximum Gasteiger partial charge on any atom is 0.204 e. The van der Waals surface area contributed by atoms with Crippen LogP contribution in [0, 0.1) is 17.5 Å². The van der Waals surface area contributed by atoms with Crippen molar-refractivity contribution in [3.8, 4) is 5.75 Å². The molecule has 1 rings (SSSR count). The smallest absolute Gasteiger partial charge is 0.204 e. The summed E-state index contributed by atoms with van der Waals surface area (Å²) in [5.74, 6) is -4.51. The first kappa shape index (κ1) is 10.8. The fourth-order valence-electron chi connectivity index (χ4n) is 1.14. The first-order valence-corrected chi connectivity index (χ1v) is 3.96. The van der Waals surface area contributed by atoms with Gasteiger partial charge < -0.3 is 10.5 Å². The highest BCUT2D eigenvalue weighted by Gasteiger charge is 2.20. The summed E-state index contributed by atoms with van der Waals surface area (Å²) in [6, 6.07) is 0.205. The lowest BCUT2D eigenvalue weighted by atomic mass is 10.1. The Morgan fingerprint density at radius 1 is 1.29 bits per heavy atom. The van der Waals surface area contributed by atoms with Crippen LogP contribution in [0.25, 0.3) is 0 Å². The van der Waals surface area contributed by atoms with Gasteiger partial charge in [0.15, 0.2) is 17.4 Å². The lowest BCUT2D eigenvalue weighted by Crippen LogP contribution is -2.10. The van der Waals surface area contributed by atoms with E-state index in [9.17, 15) is 13.2 Å². The lowest BCUT2D eigenvalue weighted by molar-refractivity contribution is 0.353. The topological polar surface area (TPSA) is 35.2 Å². The van der Waals surface area contributed by atoms with E-state index < -0.39 is 23.5 Å². The molecule has 0 saturated carbocycles. The zero-order valence-electron chi connectivity index (χ0n) is 7.77. The highest BCUT2D eigenvalue weighted by Crippen LogP contribution is 2.30. The average molecular weight is 205 g/mol. The van der Waals surface area contributed by atoms with E-state index >= 15 is 0 Å². The Balaban J connectivity index is 3.43. The molecule has 0 radical (unpaired) electrons. The summed E-state index contributed by atoms with van der Waals surface area (Å²) >= 11 is 0. The van der Waals surface area contributed by atoms with Crippen LogP contribution >= 0.6 is 0 Å². The lowest BCUT2D eigenvalue weighted by Gasteiger charge is -2.13. The molecular weight excluding hydrogens is 195 g/mol. The second-order valence-electron chi connectivity index (χ2n) is 2.90. The molecule has 1 atom stereocenters. The summed E-state index contributed by atoms with van der Waals surface area (Å²) in [6.07, 6.45) is 0. The number of nitrogens with two attached hydrogens (primary N) is 1. The third kappa shape index (κ3) is 1.68. The summed E-state index contributed by atoms with van der Waals surface area (Å²) in [5.41, 5.74) is 5.54. The molecule has 0 bridgehead atoms. The average Bonchev–Trinajstić information content (AvgIpc) is 2.13. The van der Waals surface area contributed by atoms with Gasteiger partial charge in [-0.25, -0.2) is 8.78 Å². The molecule has 0 saturated heterocycles. The number of benzene rings is 1. The molecule has 2 N–H and O–H groups in total. The van der Waals surface area contributed by atoms with Crippen molar-refractivity contribution in [1.29, 1.82) is 0 Å². The van der Waals surface area contributed by atoms with Crippen LogP contribution in [0.4, 0.5) is 13.2 Å². The SMILES string of the molecule is COc1c(C(C)N)cc(F)c(F)c1F. The second kappa shape index (κ2) is 3.88. The van der Waals surface area contributed by atoms with Crippen LogP contribution in [0.1, 0.15) is 18.5 Å². The van der Waals surface area contributed by atoms with E-state index in [4.69, 9.17) is 5.73 Å². The van der Waals surface area contributed by atoms with E-state index in [2.05, 4.69) is 4.74 Å². The predicted octanol–water partition coefficient (Wildman–Crippen LogP) is 2.13. The van der Waals surface area contributed by atoms with E-state index in [0.29, 0.717) is 0 Å². The van der Waals surface area contributed by atoms with Gasteiger partial charge in [0, 0.05) is 11.6 Å². The third-order valence-corrected chi connectivity index (χ3v) is 1.84. The zero-order chi connectivity index (χ0) is 10.9. The van der Waals surface area contributed by atoms with Gasteiger partial charge in [0.05, 0.1) is 7.11 Å². The van der Waals surface area contributed by atoms with Crippen LogP contribution in [0.2, 0.25) is 0 Å². The Bertz CT molecular complexity index is 352. The largest absolute Gasteiger partial charge is 0.493 e. The number of hydrogen-bond acceptors (Lipinski definition) is 2. The Morgan fingerprint density at radius 2 is 1.86 bits per heavy atom. The van der Waals surface area contributed by atoms with Crippen LogP contribution in [0.5, 0.6) is 5.75 Å². The fourth-order valence-corrected chi connectivity index (χ4v) is 1.14. The molecule has 0 amide bonds. The molecule has 0 spiro atoms. The minimum Gasteiger partial charge on any atom is -0.493 e. The van der Waals surface area contributed by atoms with Crippen molar-refractivity contribution >= 4 is 0 Å². The molecule has 0 fully saturated rings. The van der Waals surface area contributed by atoms with Gasteiger partial charge in [0.1, 0.15) is 0 Å². The Labute approximate surface area is 79.5 Å². The second-order valence-corrected chi connectivity index (χ2v) is 2.90. The summed E-state index contributed by atoms with van der Waals surface area (Å²) < 4.78 is 43.2. The van der Waals surface area contributed by atoms with Crippen molar-refractivity contribution in [2.45, 2.75) is 13.0 Å². The molecule has 5 heteroatoms. The van der Waals surface area contributed by atoms with Gasteiger partial charge in [-0.05, 0) is 13.0 Å². The van der Waals surface area contributed by atoms with Crippen molar-refractivity contribution in [1.82, 2.24) is 0 Å². The Morgan fingerprint density at radius 3 is 2.29 bits per heavy atom. The van der Waals surface area contributed by atoms with Crippen molar-refractivity contribution in [3.63, 3.8) is 0 Å². The van der Waals surface area contributed by atoms with Crippen molar-refractivity contribution in [3.05, 3.63) is 29.1 Å². The molecule has 0 aromatic heterocycles. The van der Waals surface area contributed by atoms with E-state index in [1.165, 1.54) is 14.0 Å². The quantitative estimate of drug-likeness (QED) is 0.750. The Hall–Kier alpha value is -1.23. The summed E-state index contributed by atoms with van der Waals surface area (Å²) in [5, 5.41) is 0. The number of hydrogen-bond donors (Lipinski definition) is 1. The Kier molecular flexibility index (Phi) is 3.00. The maximum absolute atomic E-state index is 13.1. The van der Waals surface area contributed by atoms with Crippen LogP contribution in [0.15, 0.2) is 6.07 Å². The molecule has 1 unspecified atom stereocenters. The number of halogens is 3. The van der Waals surface area contributed by atoms with Crippen LogP contribution in [-0.2, 0) is 0 Å². The standard InChI is InChI=1S/C9H10F3NO/c1-4(13)5-3-6(10)7(11)8(12)9(5)14-2/h3-4H,13H2,1-2H3. The van der Waals surface area contributed by atoms with Gasteiger partial charge in [0.2, 0.25) is 5.82 Å². The minimum atomic E-state index is -1.55. The van der Waals surface area contributed by atoms with Crippen molar-refractivity contribution in [2.75, 3.05) is 7.11 Å². The molecule has 0 aliphatic rings. The summed E-state index contributed by atoms with van der Waals surface area (Å²) in [7, 11) is 1.17. The van der Waals surface area contributed by atoms with E-state index in [0.717, 1.165) is 6.07 Å². The number of methoxy groups -OCH3 is 1. The highest BCUT2D eigenvalue weighted by atomic mass is 19.2. The van der Waals surface area contributed by atoms with Gasteiger partial charge in [-0.3, -0.25) is 0 Å². The van der Waals surface area contributed by atoms with Crippen LogP contribution in [0.3, 0.4) is 0 Å². The van der Waals surface area contributed by atoms with E-state index in [-0.39, 0.29) is 11.3 Å². The minimum absolute atomic E-state index is 0.101. The first-order valence-electron chi connectivity index (χ1n) is 3.96. The molecule has 1 aromatic carbocycles. The summed E-state index contributed by atoms with van der Waals surface area (Å²) in [6.45, 7) is 1.52. The number of ether oxygens (including phenoxy) is 1. The molecule has 2 nitrogen and oxygen atoms in total. The van der Waals surface area contributed by atoms with E-state index in [1.54, 1.807) is 0 Å². The first-order chi connectivity index (χ1) is 6.49. The van der Waals surface area contributed by atoms with Gasteiger partial charge >= 0.3 is 0 Å². The number of rotatable bonds is 2. The molecule has 0 heterocycles. The van der Waals surface area contributed by atoms with Gasteiger partial charge in [0.25, 0.3) is 0 Å². The molecule has 0 aliphatic heterocycles. The normalized spacial score (nSPS) is 12.7.